The van der Waals surface area contributed by atoms with Gasteiger partial charge in [0.15, 0.2) is 0 Å². The molecule has 1 aromatic rings. The van der Waals surface area contributed by atoms with Crippen molar-refractivity contribution in [3.05, 3.63) is 27.3 Å². The second kappa shape index (κ2) is 7.20. The van der Waals surface area contributed by atoms with E-state index in [4.69, 9.17) is 12.2 Å². The van der Waals surface area contributed by atoms with Crippen molar-refractivity contribution in [3.63, 3.8) is 0 Å². The van der Waals surface area contributed by atoms with Crippen LogP contribution in [0, 0.1) is 0 Å². The lowest BCUT2D eigenvalue weighted by Crippen LogP contribution is -2.49. The summed E-state index contributed by atoms with van der Waals surface area (Å²) < 4.78 is 0.285. The molecule has 2 rings (SSSR count). The Bertz CT molecular complexity index is 580. The summed E-state index contributed by atoms with van der Waals surface area (Å²) in [6, 6.07) is 2.80. The molecule has 0 unspecified atom stereocenters. The predicted octanol–water partition coefficient (Wildman–Crippen LogP) is 2.26. The highest BCUT2D eigenvalue weighted by Gasteiger charge is 2.37. The van der Waals surface area contributed by atoms with Crippen molar-refractivity contribution in [1.82, 2.24) is 4.90 Å². The Hall–Kier alpha value is -1.18. The molecule has 0 N–H and O–H groups in total. The van der Waals surface area contributed by atoms with Crippen molar-refractivity contribution in [2.75, 3.05) is 0 Å². The van der Waals surface area contributed by atoms with Crippen molar-refractivity contribution in [1.29, 1.82) is 0 Å². The highest BCUT2D eigenvalue weighted by atomic mass is 32.2. The summed E-state index contributed by atoms with van der Waals surface area (Å²) in [5, 5.41) is 13.2. The number of unbranched alkanes of at least 4 members (excludes halogenated alkanes) is 1. The Labute approximate surface area is 136 Å². The number of aliphatic carboxylic acids is 1. The third-order valence-corrected chi connectivity index (χ3v) is 5.20. The first-order valence-corrected chi connectivity index (χ1v) is 8.66. The normalized spacial score (nSPS) is 18.5. The smallest absolute Gasteiger partial charge is 0.266 e. The maximum atomic E-state index is 12.4. The molecule has 1 aliphatic heterocycles. The van der Waals surface area contributed by atoms with Gasteiger partial charge in [0.25, 0.3) is 5.91 Å². The van der Waals surface area contributed by atoms with Crippen molar-refractivity contribution < 1.29 is 14.7 Å². The maximum Gasteiger partial charge on any atom is 0.266 e. The molecule has 0 saturated carbocycles. The Balaban J connectivity index is 2.22. The van der Waals surface area contributed by atoms with Crippen molar-refractivity contribution in [2.45, 2.75) is 32.2 Å². The van der Waals surface area contributed by atoms with Gasteiger partial charge in [0.05, 0.1) is 16.9 Å². The van der Waals surface area contributed by atoms with Gasteiger partial charge in [-0.15, -0.1) is 11.3 Å². The van der Waals surface area contributed by atoms with Gasteiger partial charge < -0.3 is 9.90 Å². The number of carbonyl (C=O) groups is 2. The number of amides is 1. The first-order valence-electron chi connectivity index (χ1n) is 6.56. The van der Waals surface area contributed by atoms with Crippen LogP contribution in [0.3, 0.4) is 0 Å². The van der Waals surface area contributed by atoms with Gasteiger partial charge in [0.1, 0.15) is 4.32 Å². The van der Waals surface area contributed by atoms with Crippen LogP contribution in [-0.2, 0) is 9.59 Å². The standard InChI is InChI=1S/C14H15NO3S3/c1-2-3-6-10(13(17)18)15-12(16)11(21-14(15)19)8-9-5-4-7-20-9/h4-5,7-8,10H,2-3,6H2,1H3,(H,17,18)/p-1/b11-8+/t10-/m0/s1. The Morgan fingerprint density at radius 2 is 2.33 bits per heavy atom. The molecule has 1 fully saturated rings. The van der Waals surface area contributed by atoms with Gasteiger partial charge in [-0.3, -0.25) is 9.69 Å². The third-order valence-electron chi connectivity index (χ3n) is 3.05. The summed E-state index contributed by atoms with van der Waals surface area (Å²) in [5.41, 5.74) is 0. The number of thiocarbonyl (C=S) groups is 1. The molecule has 112 valence electrons. The quantitative estimate of drug-likeness (QED) is 0.587. The topological polar surface area (TPSA) is 60.4 Å². The fraction of sp³-hybridized carbons (Fsp3) is 0.357. The summed E-state index contributed by atoms with van der Waals surface area (Å²) in [6.07, 6.45) is 3.66. The van der Waals surface area contributed by atoms with Crippen LogP contribution in [0.5, 0.6) is 0 Å². The van der Waals surface area contributed by atoms with Gasteiger partial charge in [0, 0.05) is 4.88 Å². The first-order chi connectivity index (χ1) is 10.0. The number of rotatable bonds is 6. The van der Waals surface area contributed by atoms with E-state index in [-0.39, 0.29) is 10.2 Å². The summed E-state index contributed by atoms with van der Waals surface area (Å²) >= 11 is 7.83. The number of carboxylic acid groups (broad SMARTS) is 1. The number of carboxylic acids is 1. The minimum absolute atomic E-state index is 0.285. The Morgan fingerprint density at radius 1 is 1.57 bits per heavy atom. The van der Waals surface area contributed by atoms with E-state index >= 15 is 0 Å². The molecule has 0 radical (unpaired) electrons. The lowest BCUT2D eigenvalue weighted by molar-refractivity contribution is -0.310. The van der Waals surface area contributed by atoms with Crippen molar-refractivity contribution in [2.24, 2.45) is 0 Å². The molecule has 1 atom stereocenters. The van der Waals surface area contributed by atoms with Gasteiger partial charge in [-0.2, -0.15) is 0 Å². The van der Waals surface area contributed by atoms with Crippen LogP contribution in [0.2, 0.25) is 0 Å². The number of hydrogen-bond acceptors (Lipinski definition) is 6. The van der Waals surface area contributed by atoms with E-state index < -0.39 is 12.0 Å². The number of thioether (sulfide) groups is 1. The first kappa shape index (κ1) is 16.2. The number of nitrogens with zero attached hydrogens (tertiary/aromatic N) is 1. The molecular formula is C14H14NO3S3-. The van der Waals surface area contributed by atoms with Crippen LogP contribution in [0.25, 0.3) is 6.08 Å². The van der Waals surface area contributed by atoms with Crippen molar-refractivity contribution >= 4 is 57.6 Å². The van der Waals surface area contributed by atoms with Gasteiger partial charge in [-0.1, -0.05) is 49.8 Å². The van der Waals surface area contributed by atoms with E-state index in [1.165, 1.54) is 16.2 Å². The second-order valence-electron chi connectivity index (χ2n) is 4.54. The number of hydrogen-bond donors (Lipinski definition) is 0. The second-order valence-corrected chi connectivity index (χ2v) is 7.20. The monoisotopic (exact) mass is 340 g/mol. The van der Waals surface area contributed by atoms with Crippen LogP contribution < -0.4 is 5.11 Å². The highest BCUT2D eigenvalue weighted by molar-refractivity contribution is 8.26. The third kappa shape index (κ3) is 3.72. The van der Waals surface area contributed by atoms with Crippen LogP contribution in [-0.4, -0.2) is 27.1 Å². The average Bonchev–Trinajstić information content (AvgIpc) is 3.02. The molecule has 0 spiro atoms. The Kier molecular flexibility index (Phi) is 5.55. The fourth-order valence-electron chi connectivity index (χ4n) is 2.00. The van der Waals surface area contributed by atoms with Gasteiger partial charge in [-0.25, -0.2) is 0 Å². The SMILES string of the molecule is CCCC[C@@H](C(=O)[O-])N1C(=O)/C(=C\c2cccs2)SC1=S. The van der Waals surface area contributed by atoms with Crippen LogP contribution in [0.1, 0.15) is 31.1 Å². The summed E-state index contributed by atoms with van der Waals surface area (Å²) in [5.74, 6) is -1.60. The van der Waals surface area contributed by atoms with Crippen LogP contribution >= 0.6 is 35.3 Å². The molecule has 1 aliphatic rings. The van der Waals surface area contributed by atoms with E-state index in [9.17, 15) is 14.7 Å². The molecule has 1 amide bonds. The minimum atomic E-state index is -1.25. The molecule has 1 aromatic heterocycles. The van der Waals surface area contributed by atoms with E-state index in [0.29, 0.717) is 17.7 Å². The van der Waals surface area contributed by atoms with Gasteiger partial charge in [-0.05, 0) is 23.9 Å². The number of thiophene rings is 1. The van der Waals surface area contributed by atoms with E-state index in [1.54, 1.807) is 6.08 Å². The molecule has 4 nitrogen and oxygen atoms in total. The molecular weight excluding hydrogens is 326 g/mol. The summed E-state index contributed by atoms with van der Waals surface area (Å²) in [6.45, 7) is 1.97. The largest absolute Gasteiger partial charge is 0.548 e. The van der Waals surface area contributed by atoms with E-state index in [2.05, 4.69) is 0 Å². The lowest BCUT2D eigenvalue weighted by atomic mass is 10.1. The van der Waals surface area contributed by atoms with Crippen LogP contribution in [0.15, 0.2) is 22.4 Å². The molecule has 0 aromatic carbocycles. The fourth-order valence-corrected chi connectivity index (χ4v) is 4.08. The lowest BCUT2D eigenvalue weighted by Gasteiger charge is -2.27. The molecule has 0 bridgehead atoms. The highest BCUT2D eigenvalue weighted by Crippen LogP contribution is 2.35. The van der Waals surface area contributed by atoms with E-state index in [1.807, 2.05) is 24.4 Å². The van der Waals surface area contributed by atoms with Gasteiger partial charge >= 0.3 is 0 Å². The summed E-state index contributed by atoms with van der Waals surface area (Å²) in [7, 11) is 0. The minimum Gasteiger partial charge on any atom is -0.548 e. The maximum absolute atomic E-state index is 12.4. The molecule has 0 aliphatic carbocycles. The molecule has 2 heterocycles. The average molecular weight is 340 g/mol. The van der Waals surface area contributed by atoms with Crippen molar-refractivity contribution in [3.8, 4) is 0 Å². The molecule has 7 heteroatoms. The number of carbonyl (C=O) groups excluding carboxylic acids is 2. The predicted molar refractivity (Wildman–Crippen MR) is 87.7 cm³/mol. The zero-order valence-corrected chi connectivity index (χ0v) is 13.9. The zero-order valence-electron chi connectivity index (χ0n) is 11.4. The van der Waals surface area contributed by atoms with Crippen LogP contribution in [0.4, 0.5) is 0 Å². The molecule has 21 heavy (non-hydrogen) atoms. The van der Waals surface area contributed by atoms with Gasteiger partial charge in [0.2, 0.25) is 0 Å². The zero-order chi connectivity index (χ0) is 15.4. The summed E-state index contributed by atoms with van der Waals surface area (Å²) in [4.78, 5) is 26.3. The Morgan fingerprint density at radius 3 is 2.90 bits per heavy atom. The molecule has 1 saturated heterocycles. The van der Waals surface area contributed by atoms with E-state index in [0.717, 1.165) is 23.1 Å².